The van der Waals surface area contributed by atoms with E-state index < -0.39 is 17.4 Å². The van der Waals surface area contributed by atoms with Crippen molar-refractivity contribution < 1.29 is 9.50 Å². The highest BCUT2D eigenvalue weighted by Gasteiger charge is 2.29. The number of aliphatic hydroxyl groups is 1. The van der Waals surface area contributed by atoms with Crippen LogP contribution in [0, 0.1) is 11.4 Å². The topological polar surface area (TPSA) is 59.1 Å². The van der Waals surface area contributed by atoms with E-state index in [2.05, 4.69) is 4.98 Å². The van der Waals surface area contributed by atoms with Crippen LogP contribution in [0.2, 0.25) is 0 Å². The molecule has 78 valence electrons. The summed E-state index contributed by atoms with van der Waals surface area (Å²) < 4.78 is 13.2. The first-order valence-electron chi connectivity index (χ1n) is 4.46. The number of rotatable bonds is 3. The number of aromatic nitrogens is 1. The molecule has 0 aliphatic rings. The van der Waals surface area contributed by atoms with Crippen molar-refractivity contribution in [2.75, 3.05) is 6.61 Å². The number of nitrogens with two attached hydrogens (primary N) is 1. The maximum atomic E-state index is 13.2. The lowest BCUT2D eigenvalue weighted by Crippen LogP contribution is -2.33. The molecule has 3 N–H and O–H groups in total. The molecule has 1 aromatic heterocycles. The Morgan fingerprint density at radius 2 is 2.29 bits per heavy atom. The second-order valence-corrected chi connectivity index (χ2v) is 4.01. The van der Waals surface area contributed by atoms with Gasteiger partial charge < -0.3 is 10.8 Å². The summed E-state index contributed by atoms with van der Waals surface area (Å²) in [5.41, 5.74) is 5.63. The number of halogens is 1. The third-order valence-electron chi connectivity index (χ3n) is 2.37. The molecule has 1 heterocycles. The number of aliphatic hydroxyl groups excluding tert-OH is 1. The van der Waals surface area contributed by atoms with E-state index in [-0.39, 0.29) is 6.61 Å². The van der Waals surface area contributed by atoms with Crippen LogP contribution in [0.4, 0.5) is 4.39 Å². The van der Waals surface area contributed by atoms with Crippen LogP contribution in [0.5, 0.6) is 0 Å². The molecular weight excluding hydrogens is 183 g/mol. The Morgan fingerprint density at radius 1 is 1.64 bits per heavy atom. The number of pyridine rings is 1. The molecule has 3 nitrogen and oxygen atoms in total. The summed E-state index contributed by atoms with van der Waals surface area (Å²) in [7, 11) is 0. The van der Waals surface area contributed by atoms with Crippen molar-refractivity contribution in [1.29, 1.82) is 0 Å². The second kappa shape index (κ2) is 4.02. The average molecular weight is 198 g/mol. The van der Waals surface area contributed by atoms with E-state index >= 15 is 0 Å². The fourth-order valence-corrected chi connectivity index (χ4v) is 1.15. The molecule has 0 fully saturated rings. The highest BCUT2D eigenvalue weighted by Crippen LogP contribution is 2.31. The smallest absolute Gasteiger partial charge is 0.217 e. The van der Waals surface area contributed by atoms with Gasteiger partial charge in [-0.15, -0.1) is 0 Å². The predicted molar refractivity (Wildman–Crippen MR) is 52.0 cm³/mol. The Morgan fingerprint density at radius 3 is 2.79 bits per heavy atom. The Balaban J connectivity index is 3.00. The molecule has 0 aliphatic heterocycles. The largest absolute Gasteiger partial charge is 0.396 e. The van der Waals surface area contributed by atoms with Crippen LogP contribution in [0.15, 0.2) is 18.3 Å². The van der Waals surface area contributed by atoms with Crippen molar-refractivity contribution >= 4 is 0 Å². The molecule has 14 heavy (non-hydrogen) atoms. The molecule has 1 aromatic rings. The molecule has 4 heteroatoms. The van der Waals surface area contributed by atoms with Crippen molar-refractivity contribution in [3.05, 3.63) is 29.8 Å². The standard InChI is InChI=1S/C10H15FN2O/c1-10(2,6-14)8(12)7-4-3-5-13-9(7)11/h3-5,8,14H,6,12H2,1-2H3/t8-/m1/s1. The van der Waals surface area contributed by atoms with Crippen LogP contribution < -0.4 is 5.73 Å². The first kappa shape index (κ1) is 11.1. The first-order chi connectivity index (χ1) is 6.49. The monoisotopic (exact) mass is 198 g/mol. The molecule has 0 saturated heterocycles. The van der Waals surface area contributed by atoms with Gasteiger partial charge in [0.15, 0.2) is 0 Å². The number of hydrogen-bond donors (Lipinski definition) is 2. The summed E-state index contributed by atoms with van der Waals surface area (Å²) >= 11 is 0. The van der Waals surface area contributed by atoms with Gasteiger partial charge in [-0.1, -0.05) is 19.9 Å². The third-order valence-corrected chi connectivity index (χ3v) is 2.37. The van der Waals surface area contributed by atoms with Gasteiger partial charge in [0.1, 0.15) is 0 Å². The summed E-state index contributed by atoms with van der Waals surface area (Å²) in [6.07, 6.45) is 1.37. The van der Waals surface area contributed by atoms with Crippen LogP contribution in [-0.4, -0.2) is 16.7 Å². The number of nitrogens with zero attached hydrogens (tertiary/aromatic N) is 1. The molecule has 1 atom stereocenters. The minimum Gasteiger partial charge on any atom is -0.396 e. The van der Waals surface area contributed by atoms with Gasteiger partial charge in [0.05, 0.1) is 0 Å². The predicted octanol–water partition coefficient (Wildman–Crippen LogP) is 1.24. The van der Waals surface area contributed by atoms with Crippen molar-refractivity contribution in [3.63, 3.8) is 0 Å². The summed E-state index contributed by atoms with van der Waals surface area (Å²) in [4.78, 5) is 3.52. The molecule has 0 bridgehead atoms. The zero-order chi connectivity index (χ0) is 10.8. The van der Waals surface area contributed by atoms with E-state index in [9.17, 15) is 4.39 Å². The van der Waals surface area contributed by atoms with Crippen LogP contribution in [-0.2, 0) is 0 Å². The molecule has 0 aliphatic carbocycles. The molecule has 0 spiro atoms. The Kier molecular flexibility index (Phi) is 3.18. The lowest BCUT2D eigenvalue weighted by Gasteiger charge is -2.29. The Hall–Kier alpha value is -1.00. The normalized spacial score (nSPS) is 14.1. The Bertz CT molecular complexity index is 315. The molecule has 0 aromatic carbocycles. The average Bonchev–Trinajstić information content (AvgIpc) is 2.17. The lowest BCUT2D eigenvalue weighted by molar-refractivity contribution is 0.130. The van der Waals surface area contributed by atoms with Crippen molar-refractivity contribution in [3.8, 4) is 0 Å². The summed E-state index contributed by atoms with van der Waals surface area (Å²) in [6, 6.07) is 2.66. The van der Waals surface area contributed by atoms with Crippen molar-refractivity contribution in [2.45, 2.75) is 19.9 Å². The highest BCUT2D eigenvalue weighted by molar-refractivity contribution is 5.17. The molecule has 0 amide bonds. The zero-order valence-corrected chi connectivity index (χ0v) is 8.37. The van der Waals surface area contributed by atoms with Gasteiger partial charge in [-0.2, -0.15) is 4.39 Å². The fourth-order valence-electron chi connectivity index (χ4n) is 1.15. The zero-order valence-electron chi connectivity index (χ0n) is 8.37. The van der Waals surface area contributed by atoms with E-state index in [4.69, 9.17) is 10.8 Å². The number of hydrogen-bond acceptors (Lipinski definition) is 3. The van der Waals surface area contributed by atoms with E-state index in [1.807, 2.05) is 0 Å². The van der Waals surface area contributed by atoms with Crippen LogP contribution in [0.1, 0.15) is 25.5 Å². The SMILES string of the molecule is CC(C)(CO)[C@H](N)c1cccnc1F. The quantitative estimate of drug-likeness (QED) is 0.718. The maximum absolute atomic E-state index is 13.2. The van der Waals surface area contributed by atoms with Gasteiger partial charge in [-0.25, -0.2) is 4.98 Å². The molecule has 1 rings (SSSR count). The minimum atomic E-state index is -0.568. The lowest BCUT2D eigenvalue weighted by atomic mass is 9.82. The van der Waals surface area contributed by atoms with Crippen molar-refractivity contribution in [1.82, 2.24) is 4.98 Å². The van der Waals surface area contributed by atoms with Crippen LogP contribution >= 0.6 is 0 Å². The van der Waals surface area contributed by atoms with E-state index in [0.29, 0.717) is 5.56 Å². The molecule has 0 unspecified atom stereocenters. The molecule has 0 radical (unpaired) electrons. The van der Waals surface area contributed by atoms with Gasteiger partial charge in [0, 0.05) is 29.8 Å². The van der Waals surface area contributed by atoms with Gasteiger partial charge in [-0.05, 0) is 6.07 Å². The molecular formula is C10H15FN2O. The summed E-state index contributed by atoms with van der Waals surface area (Å²) in [6.45, 7) is 3.47. The second-order valence-electron chi connectivity index (χ2n) is 4.01. The highest BCUT2D eigenvalue weighted by atomic mass is 19.1. The summed E-state index contributed by atoms with van der Waals surface area (Å²) in [5.74, 6) is -0.568. The van der Waals surface area contributed by atoms with E-state index in [1.165, 1.54) is 6.20 Å². The van der Waals surface area contributed by atoms with Gasteiger partial charge in [0.2, 0.25) is 5.95 Å². The fraction of sp³-hybridized carbons (Fsp3) is 0.500. The first-order valence-corrected chi connectivity index (χ1v) is 4.46. The maximum Gasteiger partial charge on any atom is 0.217 e. The Labute approximate surface area is 82.8 Å². The van der Waals surface area contributed by atoms with Crippen LogP contribution in [0.25, 0.3) is 0 Å². The van der Waals surface area contributed by atoms with Crippen molar-refractivity contribution in [2.24, 2.45) is 11.1 Å². The third kappa shape index (κ3) is 2.08. The van der Waals surface area contributed by atoms with Gasteiger partial charge in [-0.3, -0.25) is 0 Å². The van der Waals surface area contributed by atoms with Gasteiger partial charge in [0.25, 0.3) is 0 Å². The van der Waals surface area contributed by atoms with Gasteiger partial charge >= 0.3 is 0 Å². The summed E-state index contributed by atoms with van der Waals surface area (Å²) in [5, 5.41) is 9.09. The van der Waals surface area contributed by atoms with Crippen LogP contribution in [0.3, 0.4) is 0 Å². The minimum absolute atomic E-state index is 0.0947. The van der Waals surface area contributed by atoms with E-state index in [1.54, 1.807) is 26.0 Å². The van der Waals surface area contributed by atoms with E-state index in [0.717, 1.165) is 0 Å². The molecule has 0 saturated carbocycles.